The van der Waals surface area contributed by atoms with Gasteiger partial charge in [0, 0.05) is 11.1 Å². The van der Waals surface area contributed by atoms with E-state index in [-0.39, 0.29) is 11.5 Å². The normalized spacial score (nSPS) is 26.3. The molecule has 8 heteroatoms. The van der Waals surface area contributed by atoms with Gasteiger partial charge in [0.15, 0.2) is 0 Å². The predicted molar refractivity (Wildman–Crippen MR) is 117 cm³/mol. The number of benzene rings is 2. The number of ether oxygens (including phenoxy) is 2. The highest BCUT2D eigenvalue weighted by molar-refractivity contribution is 5.77. The fourth-order valence-electron chi connectivity index (χ4n) is 3.56. The zero-order valence-electron chi connectivity index (χ0n) is 17.4. The summed E-state index contributed by atoms with van der Waals surface area (Å²) in [5.41, 5.74) is 2.16. The van der Waals surface area contributed by atoms with Crippen molar-refractivity contribution in [2.24, 2.45) is 0 Å². The fourth-order valence-corrected chi connectivity index (χ4v) is 3.56. The molecule has 0 spiro atoms. The van der Waals surface area contributed by atoms with Gasteiger partial charge in [0.25, 0.3) is 0 Å². The lowest BCUT2D eigenvalue weighted by Crippen LogP contribution is -2.60. The molecule has 2 aromatic carbocycles. The first-order valence-corrected chi connectivity index (χ1v) is 10.2. The summed E-state index contributed by atoms with van der Waals surface area (Å²) in [6.45, 7) is 6.71. The molecule has 6 N–H and O–H groups in total. The Morgan fingerprint density at radius 3 is 2.41 bits per heavy atom. The number of hydrogen-bond acceptors (Lipinski definition) is 8. The van der Waals surface area contributed by atoms with E-state index in [0.29, 0.717) is 23.1 Å². The van der Waals surface area contributed by atoms with Crippen molar-refractivity contribution in [3.8, 4) is 22.6 Å². The molecule has 1 saturated heterocycles. The summed E-state index contributed by atoms with van der Waals surface area (Å²) >= 11 is 0. The molecule has 1 aliphatic rings. The van der Waals surface area contributed by atoms with Crippen molar-refractivity contribution in [3.63, 3.8) is 0 Å². The fraction of sp³-hybridized carbons (Fsp3) is 0.333. The highest BCUT2D eigenvalue weighted by atomic mass is 16.7. The van der Waals surface area contributed by atoms with E-state index in [4.69, 9.17) is 9.47 Å². The Labute approximate surface area is 185 Å². The van der Waals surface area contributed by atoms with E-state index in [2.05, 4.69) is 13.2 Å². The molecule has 0 aromatic heterocycles. The molecule has 0 radical (unpaired) electrons. The zero-order chi connectivity index (χ0) is 23.4. The SMILES string of the molecule is C=CCc1ccc(O)c(-c2cc(C(O)C=C)ccc2O[C@@H]2O[C@H](CO)[C@@H](O)[C@H](O)[C@H]2O)c1. The van der Waals surface area contributed by atoms with Crippen molar-refractivity contribution in [3.05, 3.63) is 72.8 Å². The first-order chi connectivity index (χ1) is 15.3. The van der Waals surface area contributed by atoms with Crippen molar-refractivity contribution in [1.29, 1.82) is 0 Å². The largest absolute Gasteiger partial charge is 0.507 e. The number of aromatic hydroxyl groups is 1. The summed E-state index contributed by atoms with van der Waals surface area (Å²) in [4.78, 5) is 0. The van der Waals surface area contributed by atoms with Crippen LogP contribution in [0.1, 0.15) is 17.2 Å². The zero-order valence-corrected chi connectivity index (χ0v) is 17.4. The Balaban J connectivity index is 2.06. The van der Waals surface area contributed by atoms with Gasteiger partial charge >= 0.3 is 0 Å². The Morgan fingerprint density at radius 1 is 1.00 bits per heavy atom. The third-order valence-corrected chi connectivity index (χ3v) is 5.39. The van der Waals surface area contributed by atoms with Gasteiger partial charge < -0.3 is 40.1 Å². The Bertz CT molecular complexity index is 957. The average molecular weight is 444 g/mol. The van der Waals surface area contributed by atoms with Gasteiger partial charge in [-0.1, -0.05) is 24.3 Å². The second-order valence-electron chi connectivity index (χ2n) is 7.60. The summed E-state index contributed by atoms with van der Waals surface area (Å²) in [6.07, 6.45) is -4.57. The number of phenols is 1. The van der Waals surface area contributed by atoms with E-state index in [1.165, 1.54) is 18.2 Å². The van der Waals surface area contributed by atoms with Gasteiger partial charge in [0.2, 0.25) is 6.29 Å². The Hall–Kier alpha value is -2.72. The maximum atomic E-state index is 10.5. The van der Waals surface area contributed by atoms with Gasteiger partial charge in [-0.2, -0.15) is 0 Å². The van der Waals surface area contributed by atoms with E-state index in [1.807, 2.05) is 0 Å². The van der Waals surface area contributed by atoms with E-state index in [0.717, 1.165) is 5.56 Å². The highest BCUT2D eigenvalue weighted by Crippen LogP contribution is 2.39. The minimum atomic E-state index is -1.60. The third kappa shape index (κ3) is 4.86. The third-order valence-electron chi connectivity index (χ3n) is 5.39. The summed E-state index contributed by atoms with van der Waals surface area (Å²) in [5, 5.41) is 60.5. The smallest absolute Gasteiger partial charge is 0.229 e. The van der Waals surface area contributed by atoms with E-state index >= 15 is 0 Å². The van der Waals surface area contributed by atoms with Gasteiger partial charge in [-0.05, 0) is 41.8 Å². The molecule has 2 aromatic rings. The minimum absolute atomic E-state index is 0.0401. The maximum Gasteiger partial charge on any atom is 0.229 e. The number of allylic oxidation sites excluding steroid dienone is 1. The van der Waals surface area contributed by atoms with Crippen LogP contribution in [0.25, 0.3) is 11.1 Å². The van der Waals surface area contributed by atoms with Gasteiger partial charge in [-0.25, -0.2) is 0 Å². The molecule has 0 saturated carbocycles. The monoisotopic (exact) mass is 444 g/mol. The van der Waals surface area contributed by atoms with Gasteiger partial charge in [0.1, 0.15) is 35.9 Å². The Kier molecular flexibility index (Phi) is 7.68. The van der Waals surface area contributed by atoms with Crippen LogP contribution >= 0.6 is 0 Å². The van der Waals surface area contributed by atoms with Crippen LogP contribution in [0.3, 0.4) is 0 Å². The molecule has 1 heterocycles. The van der Waals surface area contributed by atoms with Crippen LogP contribution in [-0.4, -0.2) is 68.0 Å². The highest BCUT2D eigenvalue weighted by Gasteiger charge is 2.45. The van der Waals surface area contributed by atoms with Crippen LogP contribution in [0.4, 0.5) is 0 Å². The number of phenolic OH excluding ortho intramolecular Hbond substituents is 1. The quantitative estimate of drug-likeness (QED) is 0.334. The molecular formula is C24H28O8. The average Bonchev–Trinajstić information content (AvgIpc) is 2.80. The van der Waals surface area contributed by atoms with Crippen LogP contribution in [0.2, 0.25) is 0 Å². The van der Waals surface area contributed by atoms with Crippen LogP contribution in [0, 0.1) is 0 Å². The number of aliphatic hydroxyl groups is 5. The summed E-state index contributed by atoms with van der Waals surface area (Å²) in [5.74, 6) is 0.141. The predicted octanol–water partition coefficient (Wildman–Crippen LogP) is 1.19. The van der Waals surface area contributed by atoms with Crippen LogP contribution in [0.15, 0.2) is 61.7 Å². The van der Waals surface area contributed by atoms with Gasteiger partial charge in [0.05, 0.1) is 12.7 Å². The van der Waals surface area contributed by atoms with Crippen molar-refractivity contribution in [2.75, 3.05) is 6.61 Å². The molecule has 0 aliphatic carbocycles. The lowest BCUT2D eigenvalue weighted by atomic mass is 9.96. The summed E-state index contributed by atoms with van der Waals surface area (Å²) in [7, 11) is 0. The molecule has 6 atom stereocenters. The Morgan fingerprint density at radius 2 is 1.75 bits per heavy atom. The van der Waals surface area contributed by atoms with Crippen LogP contribution in [0.5, 0.6) is 11.5 Å². The van der Waals surface area contributed by atoms with Gasteiger partial charge in [-0.15, -0.1) is 13.2 Å². The van der Waals surface area contributed by atoms with Gasteiger partial charge in [-0.3, -0.25) is 0 Å². The second-order valence-corrected chi connectivity index (χ2v) is 7.60. The van der Waals surface area contributed by atoms with Crippen molar-refractivity contribution < 1.29 is 40.1 Å². The lowest BCUT2D eigenvalue weighted by Gasteiger charge is -2.39. The maximum absolute atomic E-state index is 10.5. The minimum Gasteiger partial charge on any atom is -0.507 e. The van der Waals surface area contributed by atoms with Crippen LogP contribution in [-0.2, 0) is 11.2 Å². The van der Waals surface area contributed by atoms with Crippen molar-refractivity contribution in [2.45, 2.75) is 43.2 Å². The first-order valence-electron chi connectivity index (χ1n) is 10.2. The molecule has 3 rings (SSSR count). The molecule has 172 valence electrons. The van der Waals surface area contributed by atoms with Crippen molar-refractivity contribution >= 4 is 0 Å². The lowest BCUT2D eigenvalue weighted by molar-refractivity contribution is -0.277. The molecule has 1 aliphatic heterocycles. The van der Waals surface area contributed by atoms with Crippen LogP contribution < -0.4 is 4.74 Å². The van der Waals surface area contributed by atoms with Crippen molar-refractivity contribution in [1.82, 2.24) is 0 Å². The number of aliphatic hydroxyl groups excluding tert-OH is 5. The molecule has 1 unspecified atom stereocenters. The molecule has 8 nitrogen and oxygen atoms in total. The topological polar surface area (TPSA) is 140 Å². The molecule has 32 heavy (non-hydrogen) atoms. The number of rotatable bonds is 8. The standard InChI is InChI=1S/C24H28O8/c1-3-5-13-6-8-18(27)15(10-13)16-11-14(17(26)4-2)7-9-19(16)31-24-23(30)22(29)21(28)20(12-25)32-24/h3-4,6-11,17,20-30H,1-2,5,12H2/t17?,20-,21-,22+,23-,24-/m1/s1. The molecule has 0 bridgehead atoms. The summed E-state index contributed by atoms with van der Waals surface area (Å²) in [6, 6.07) is 9.75. The molecule has 1 fully saturated rings. The second kappa shape index (κ2) is 10.3. The number of hydrogen-bond donors (Lipinski definition) is 6. The van der Waals surface area contributed by atoms with E-state index < -0.39 is 43.4 Å². The molecule has 0 amide bonds. The first kappa shape index (κ1) is 23.9. The summed E-state index contributed by atoms with van der Waals surface area (Å²) < 4.78 is 11.3. The molecular weight excluding hydrogens is 416 g/mol. The van der Waals surface area contributed by atoms with E-state index in [9.17, 15) is 30.6 Å². The van der Waals surface area contributed by atoms with E-state index in [1.54, 1.807) is 30.3 Å².